The maximum Gasteiger partial charge on any atom is 0.306 e. The number of esters is 1. The molecule has 0 radical (unpaired) electrons. The molecule has 1 saturated carbocycles. The Morgan fingerprint density at radius 3 is 1.83 bits per heavy atom. The Morgan fingerprint density at radius 1 is 0.857 bits per heavy atom. The van der Waals surface area contributed by atoms with Crippen molar-refractivity contribution in [2.24, 2.45) is 11.8 Å². The average Bonchev–Trinajstić information content (AvgIpc) is 3.69. The number of hydrogen-bond donors (Lipinski definition) is 0. The summed E-state index contributed by atoms with van der Waals surface area (Å²) in [7, 11) is 0. The number of allylic oxidation sites excluding steroid dienone is 1. The SMILES string of the molecule is C=CCCC(=O)O[C@H](CC=C)[C@@H]1C[C@H]1COC(c1ccccc1)(c1ccccc1)c1ccccc1. The van der Waals surface area contributed by atoms with Crippen molar-refractivity contribution in [1.82, 2.24) is 0 Å². The molecule has 0 amide bonds. The van der Waals surface area contributed by atoms with Gasteiger partial charge in [0, 0.05) is 18.8 Å². The lowest BCUT2D eigenvalue weighted by Gasteiger charge is -2.36. The molecule has 1 fully saturated rings. The van der Waals surface area contributed by atoms with Gasteiger partial charge in [-0.15, -0.1) is 13.2 Å². The van der Waals surface area contributed by atoms with Crippen molar-refractivity contribution in [3.8, 4) is 0 Å². The first-order chi connectivity index (χ1) is 17.2. The van der Waals surface area contributed by atoms with Crippen LogP contribution in [0.2, 0.25) is 0 Å². The highest BCUT2D eigenvalue weighted by atomic mass is 16.5. The molecule has 0 heterocycles. The van der Waals surface area contributed by atoms with E-state index in [-0.39, 0.29) is 18.0 Å². The van der Waals surface area contributed by atoms with Crippen LogP contribution in [0.3, 0.4) is 0 Å². The maximum absolute atomic E-state index is 12.3. The minimum atomic E-state index is -0.731. The molecule has 0 aliphatic heterocycles. The fourth-order valence-corrected chi connectivity index (χ4v) is 4.84. The Morgan fingerprint density at radius 2 is 1.37 bits per heavy atom. The molecular formula is C32H34O3. The van der Waals surface area contributed by atoms with Crippen molar-refractivity contribution in [2.45, 2.75) is 37.4 Å². The van der Waals surface area contributed by atoms with Crippen molar-refractivity contribution in [1.29, 1.82) is 0 Å². The van der Waals surface area contributed by atoms with Gasteiger partial charge in [0.2, 0.25) is 0 Å². The summed E-state index contributed by atoms with van der Waals surface area (Å²) in [5.74, 6) is 0.430. The van der Waals surface area contributed by atoms with Gasteiger partial charge in [-0.05, 0) is 35.4 Å². The van der Waals surface area contributed by atoms with Gasteiger partial charge in [-0.1, -0.05) is 103 Å². The van der Waals surface area contributed by atoms with Crippen LogP contribution in [0.1, 0.15) is 42.4 Å². The summed E-state index contributed by atoms with van der Waals surface area (Å²) in [6.07, 6.45) is 6.05. The number of rotatable bonds is 13. The molecule has 1 aliphatic rings. The summed E-state index contributed by atoms with van der Waals surface area (Å²) >= 11 is 0. The van der Waals surface area contributed by atoms with Crippen molar-refractivity contribution in [3.05, 3.63) is 133 Å². The van der Waals surface area contributed by atoms with Crippen LogP contribution in [0.4, 0.5) is 0 Å². The summed E-state index contributed by atoms with van der Waals surface area (Å²) in [5.41, 5.74) is 2.54. The summed E-state index contributed by atoms with van der Waals surface area (Å²) in [6.45, 7) is 8.13. The van der Waals surface area contributed by atoms with E-state index >= 15 is 0 Å². The minimum Gasteiger partial charge on any atom is -0.462 e. The third-order valence-electron chi connectivity index (χ3n) is 6.74. The summed E-state index contributed by atoms with van der Waals surface area (Å²) < 4.78 is 12.8. The predicted molar refractivity (Wildman–Crippen MR) is 141 cm³/mol. The molecule has 0 unspecified atom stereocenters. The third kappa shape index (κ3) is 5.80. The maximum atomic E-state index is 12.3. The Kier molecular flexibility index (Phi) is 8.33. The van der Waals surface area contributed by atoms with Gasteiger partial charge in [0.25, 0.3) is 0 Å². The van der Waals surface area contributed by atoms with Gasteiger partial charge in [-0.25, -0.2) is 0 Å². The first-order valence-corrected chi connectivity index (χ1v) is 12.4. The number of carbonyl (C=O) groups excluding carboxylic acids is 1. The van der Waals surface area contributed by atoms with Crippen molar-refractivity contribution in [3.63, 3.8) is 0 Å². The van der Waals surface area contributed by atoms with E-state index in [0.29, 0.717) is 31.8 Å². The van der Waals surface area contributed by atoms with Crippen LogP contribution < -0.4 is 0 Å². The molecule has 3 aromatic rings. The highest BCUT2D eigenvalue weighted by Gasteiger charge is 2.47. The average molecular weight is 467 g/mol. The minimum absolute atomic E-state index is 0.155. The Labute approximate surface area is 209 Å². The largest absolute Gasteiger partial charge is 0.462 e. The molecule has 35 heavy (non-hydrogen) atoms. The Hall–Kier alpha value is -3.43. The first-order valence-electron chi connectivity index (χ1n) is 12.4. The third-order valence-corrected chi connectivity index (χ3v) is 6.74. The van der Waals surface area contributed by atoms with E-state index in [4.69, 9.17) is 9.47 Å². The summed E-state index contributed by atoms with van der Waals surface area (Å²) in [6, 6.07) is 31.2. The van der Waals surface area contributed by atoms with Crippen molar-refractivity contribution in [2.75, 3.05) is 6.61 Å². The van der Waals surface area contributed by atoms with Crippen LogP contribution in [0.15, 0.2) is 116 Å². The van der Waals surface area contributed by atoms with Crippen LogP contribution in [-0.4, -0.2) is 18.7 Å². The van der Waals surface area contributed by atoms with Gasteiger partial charge >= 0.3 is 5.97 Å². The van der Waals surface area contributed by atoms with Crippen LogP contribution in [0.25, 0.3) is 0 Å². The van der Waals surface area contributed by atoms with E-state index in [9.17, 15) is 4.79 Å². The van der Waals surface area contributed by atoms with Gasteiger partial charge in [0.15, 0.2) is 0 Å². The standard InChI is InChI=1S/C32H34O3/c1-3-5-22-31(33)35-30(15-4-2)29-23-25(29)24-34-32(26-16-9-6-10-17-26,27-18-11-7-12-19-27)28-20-13-8-14-21-28/h3-4,6-14,16-21,25,29-30H,1-2,5,15,22-24H2/t25-,29+,30+/m0/s1. The summed E-state index contributed by atoms with van der Waals surface area (Å²) in [5, 5.41) is 0. The monoisotopic (exact) mass is 466 g/mol. The molecule has 3 atom stereocenters. The highest BCUT2D eigenvalue weighted by Crippen LogP contribution is 2.47. The fourth-order valence-electron chi connectivity index (χ4n) is 4.84. The van der Waals surface area contributed by atoms with Gasteiger partial charge < -0.3 is 9.47 Å². The normalized spacial score (nSPS) is 17.8. The van der Waals surface area contributed by atoms with Crippen LogP contribution in [0, 0.1) is 11.8 Å². The second-order valence-corrected chi connectivity index (χ2v) is 9.13. The van der Waals surface area contributed by atoms with Crippen LogP contribution in [0.5, 0.6) is 0 Å². The van der Waals surface area contributed by atoms with Gasteiger partial charge in [-0.3, -0.25) is 4.79 Å². The van der Waals surface area contributed by atoms with Crippen LogP contribution in [-0.2, 0) is 19.9 Å². The zero-order valence-electron chi connectivity index (χ0n) is 20.2. The Bertz CT molecular complexity index is 995. The molecule has 4 rings (SSSR count). The highest BCUT2D eigenvalue weighted by molar-refractivity contribution is 5.69. The molecular weight excluding hydrogens is 432 g/mol. The smallest absolute Gasteiger partial charge is 0.306 e. The van der Waals surface area contributed by atoms with Crippen LogP contribution >= 0.6 is 0 Å². The van der Waals surface area contributed by atoms with E-state index in [1.807, 2.05) is 24.3 Å². The molecule has 3 heteroatoms. The van der Waals surface area contributed by atoms with Gasteiger partial charge in [-0.2, -0.15) is 0 Å². The number of carbonyl (C=O) groups is 1. The topological polar surface area (TPSA) is 35.5 Å². The van der Waals surface area contributed by atoms with E-state index in [1.54, 1.807) is 6.08 Å². The number of hydrogen-bond acceptors (Lipinski definition) is 3. The number of ether oxygens (including phenoxy) is 2. The first kappa shape index (κ1) is 24.7. The van der Waals surface area contributed by atoms with Crippen molar-refractivity contribution < 1.29 is 14.3 Å². The molecule has 0 bridgehead atoms. The molecule has 0 saturated heterocycles. The fraction of sp³-hybridized carbons (Fsp3) is 0.281. The van der Waals surface area contributed by atoms with Crippen molar-refractivity contribution >= 4 is 5.97 Å². The Balaban J connectivity index is 1.59. The van der Waals surface area contributed by atoms with E-state index in [1.165, 1.54) is 0 Å². The lowest BCUT2D eigenvalue weighted by atomic mass is 9.80. The quantitative estimate of drug-likeness (QED) is 0.153. The second-order valence-electron chi connectivity index (χ2n) is 9.13. The molecule has 0 aromatic heterocycles. The number of benzene rings is 3. The van der Waals surface area contributed by atoms with E-state index < -0.39 is 5.60 Å². The molecule has 0 spiro atoms. The van der Waals surface area contributed by atoms with Gasteiger partial charge in [0.05, 0.1) is 6.61 Å². The molecule has 0 N–H and O–H groups in total. The zero-order valence-corrected chi connectivity index (χ0v) is 20.2. The lowest BCUT2D eigenvalue weighted by Crippen LogP contribution is -2.34. The molecule has 1 aliphatic carbocycles. The lowest BCUT2D eigenvalue weighted by molar-refractivity contribution is -0.150. The summed E-state index contributed by atoms with van der Waals surface area (Å²) in [4.78, 5) is 12.3. The van der Waals surface area contributed by atoms with E-state index in [0.717, 1.165) is 23.1 Å². The zero-order chi connectivity index (χ0) is 24.5. The predicted octanol–water partition coefficient (Wildman–Crippen LogP) is 7.09. The van der Waals surface area contributed by atoms with E-state index in [2.05, 4.69) is 86.0 Å². The van der Waals surface area contributed by atoms with Gasteiger partial charge in [0.1, 0.15) is 11.7 Å². The molecule has 3 nitrogen and oxygen atoms in total. The molecule has 180 valence electrons. The second kappa shape index (κ2) is 11.8. The molecule has 3 aromatic carbocycles.